The molecule has 5 nitrogen and oxygen atoms in total. The summed E-state index contributed by atoms with van der Waals surface area (Å²) in [6, 6.07) is 31.1. The summed E-state index contributed by atoms with van der Waals surface area (Å²) >= 11 is 0. The number of fused-ring (bicyclic) bond motifs is 2. The quantitative estimate of drug-likeness (QED) is 0.144. The zero-order valence-electron chi connectivity index (χ0n) is 23.1. The van der Waals surface area contributed by atoms with Crippen molar-refractivity contribution >= 4 is 0 Å². The summed E-state index contributed by atoms with van der Waals surface area (Å²) in [6.07, 6.45) is 10.5. The van der Waals surface area contributed by atoms with Crippen LogP contribution in [0.2, 0.25) is 0 Å². The number of hydrogen-bond donors (Lipinski definition) is 0. The molecule has 0 amide bonds. The Labute approximate surface area is 242 Å². The molecule has 0 saturated heterocycles. The summed E-state index contributed by atoms with van der Waals surface area (Å²) in [5, 5.41) is 0. The average Bonchev–Trinajstić information content (AvgIpc) is 3.01. The van der Waals surface area contributed by atoms with Crippen molar-refractivity contribution in [1.29, 1.82) is 0 Å². The Balaban J connectivity index is 1.47. The fourth-order valence-corrected chi connectivity index (χ4v) is 5.08. The van der Waals surface area contributed by atoms with Crippen molar-refractivity contribution < 1.29 is 23.7 Å². The largest absolute Gasteiger partial charge is 0.491 e. The fraction of sp³-hybridized carbons (Fsp3) is 0.222. The zero-order valence-corrected chi connectivity index (χ0v) is 23.1. The highest BCUT2D eigenvalue weighted by molar-refractivity contribution is 5.68. The van der Waals surface area contributed by atoms with Crippen LogP contribution >= 0.6 is 0 Å². The summed E-state index contributed by atoms with van der Waals surface area (Å²) in [7, 11) is 0. The lowest BCUT2D eigenvalue weighted by atomic mass is 9.69. The minimum absolute atomic E-state index is 0.259. The molecule has 206 valence electrons. The molecule has 1 aliphatic rings. The molecule has 4 aromatic rings. The van der Waals surface area contributed by atoms with Gasteiger partial charge >= 0.3 is 0 Å². The lowest BCUT2D eigenvalue weighted by molar-refractivity contribution is 0.124. The fourth-order valence-electron chi connectivity index (χ4n) is 5.08. The Morgan fingerprint density at radius 3 is 1.66 bits per heavy atom. The standard InChI is InChI=1S/C36H32O5/c1-4-19-37-21-23-39-30-15-17-32-34(25-30)41-35-26-31(40-24-22-38-20-5-2)16-18-33(35)36(32,3)29-13-11-28(12-14-29)27-9-7-6-8-10-27/h1-2,6-18,25-26H,19-24H2,3H3. The Hall–Kier alpha value is -4.68. The SMILES string of the molecule is C#CCOCCOc1ccc2c(c1)Oc1cc(OCCOCC#C)ccc1C2(C)c1ccc(-c2ccccc2)cc1. The van der Waals surface area contributed by atoms with Crippen LogP contribution < -0.4 is 14.2 Å². The van der Waals surface area contributed by atoms with Crippen molar-refractivity contribution in [2.75, 3.05) is 39.6 Å². The first-order valence-electron chi connectivity index (χ1n) is 13.5. The molecule has 0 aliphatic carbocycles. The molecule has 1 aliphatic heterocycles. The third-order valence-electron chi connectivity index (χ3n) is 7.14. The van der Waals surface area contributed by atoms with Gasteiger partial charge in [0.2, 0.25) is 0 Å². The first kappa shape index (κ1) is 27.9. The Bertz CT molecular complexity index is 1470. The van der Waals surface area contributed by atoms with E-state index >= 15 is 0 Å². The van der Waals surface area contributed by atoms with Gasteiger partial charge in [-0.15, -0.1) is 12.8 Å². The van der Waals surface area contributed by atoms with Crippen LogP contribution in [0.4, 0.5) is 0 Å². The maximum atomic E-state index is 6.48. The Morgan fingerprint density at radius 1 is 0.634 bits per heavy atom. The first-order chi connectivity index (χ1) is 20.1. The van der Waals surface area contributed by atoms with Crippen molar-refractivity contribution in [1.82, 2.24) is 0 Å². The van der Waals surface area contributed by atoms with Crippen LogP contribution in [0, 0.1) is 24.7 Å². The highest BCUT2D eigenvalue weighted by Gasteiger charge is 2.40. The van der Waals surface area contributed by atoms with Crippen LogP contribution in [-0.2, 0) is 14.9 Å². The van der Waals surface area contributed by atoms with Crippen molar-refractivity contribution in [3.8, 4) is 58.8 Å². The normalized spacial score (nSPS) is 12.7. The van der Waals surface area contributed by atoms with Gasteiger partial charge in [-0.2, -0.15) is 0 Å². The van der Waals surface area contributed by atoms with Gasteiger partial charge in [0.05, 0.1) is 13.2 Å². The highest BCUT2D eigenvalue weighted by Crippen LogP contribution is 2.53. The van der Waals surface area contributed by atoms with E-state index in [0.29, 0.717) is 37.9 Å². The lowest BCUT2D eigenvalue weighted by Crippen LogP contribution is -2.29. The van der Waals surface area contributed by atoms with Gasteiger partial charge in [-0.3, -0.25) is 0 Å². The van der Waals surface area contributed by atoms with Gasteiger partial charge < -0.3 is 23.7 Å². The smallest absolute Gasteiger partial charge is 0.135 e. The van der Waals surface area contributed by atoms with E-state index in [4.69, 9.17) is 36.5 Å². The minimum Gasteiger partial charge on any atom is -0.491 e. The van der Waals surface area contributed by atoms with Crippen LogP contribution in [0.15, 0.2) is 91.0 Å². The molecule has 0 spiro atoms. The van der Waals surface area contributed by atoms with Gasteiger partial charge in [0.1, 0.15) is 49.4 Å². The zero-order chi connectivity index (χ0) is 28.5. The second-order valence-corrected chi connectivity index (χ2v) is 9.70. The van der Waals surface area contributed by atoms with E-state index in [-0.39, 0.29) is 13.2 Å². The van der Waals surface area contributed by atoms with Crippen LogP contribution in [-0.4, -0.2) is 39.6 Å². The Kier molecular flexibility index (Phi) is 8.92. The molecule has 0 aromatic heterocycles. The molecule has 0 saturated carbocycles. The summed E-state index contributed by atoms with van der Waals surface area (Å²) in [5.41, 5.74) is 5.10. The second-order valence-electron chi connectivity index (χ2n) is 9.70. The van der Waals surface area contributed by atoms with Crippen LogP contribution in [0.5, 0.6) is 23.0 Å². The topological polar surface area (TPSA) is 46.2 Å². The van der Waals surface area contributed by atoms with E-state index in [2.05, 4.69) is 79.4 Å². The number of ether oxygens (including phenoxy) is 5. The molecule has 0 bridgehead atoms. The summed E-state index contributed by atoms with van der Waals surface area (Å²) in [6.45, 7) is 4.33. The molecule has 0 atom stereocenters. The van der Waals surface area contributed by atoms with E-state index < -0.39 is 5.41 Å². The van der Waals surface area contributed by atoms with E-state index in [1.165, 1.54) is 5.56 Å². The predicted octanol–water partition coefficient (Wildman–Crippen LogP) is 6.87. The molecular formula is C36H32O5. The molecule has 0 N–H and O–H groups in total. The van der Waals surface area contributed by atoms with Gasteiger partial charge in [-0.1, -0.05) is 78.6 Å². The van der Waals surface area contributed by atoms with Crippen molar-refractivity contribution in [3.63, 3.8) is 0 Å². The minimum atomic E-state index is -0.485. The first-order valence-corrected chi connectivity index (χ1v) is 13.5. The Morgan fingerprint density at radius 2 is 1.15 bits per heavy atom. The van der Waals surface area contributed by atoms with E-state index in [0.717, 1.165) is 33.8 Å². The summed E-state index contributed by atoms with van der Waals surface area (Å²) in [5.74, 6) is 7.75. The maximum Gasteiger partial charge on any atom is 0.135 e. The van der Waals surface area contributed by atoms with Crippen LogP contribution in [0.1, 0.15) is 23.6 Å². The molecule has 1 heterocycles. The number of hydrogen-bond acceptors (Lipinski definition) is 5. The molecule has 4 aromatic carbocycles. The summed E-state index contributed by atoms with van der Waals surface area (Å²) in [4.78, 5) is 0. The number of benzene rings is 4. The highest BCUT2D eigenvalue weighted by atomic mass is 16.5. The monoisotopic (exact) mass is 544 g/mol. The third-order valence-corrected chi connectivity index (χ3v) is 7.14. The molecular weight excluding hydrogens is 512 g/mol. The van der Waals surface area contributed by atoms with Gasteiger partial charge in [-0.05, 0) is 35.7 Å². The molecule has 5 rings (SSSR count). The van der Waals surface area contributed by atoms with Crippen molar-refractivity contribution in [3.05, 3.63) is 108 Å². The number of terminal acetylenes is 2. The van der Waals surface area contributed by atoms with E-state index in [1.54, 1.807) is 0 Å². The second kappa shape index (κ2) is 13.1. The van der Waals surface area contributed by atoms with Gasteiger partial charge in [-0.25, -0.2) is 0 Å². The average molecular weight is 545 g/mol. The van der Waals surface area contributed by atoms with Gasteiger partial charge in [0, 0.05) is 28.7 Å². The predicted molar refractivity (Wildman–Crippen MR) is 161 cm³/mol. The van der Waals surface area contributed by atoms with Crippen LogP contribution in [0.3, 0.4) is 0 Å². The molecule has 0 fully saturated rings. The third kappa shape index (κ3) is 6.23. The molecule has 0 radical (unpaired) electrons. The van der Waals surface area contributed by atoms with Crippen molar-refractivity contribution in [2.24, 2.45) is 0 Å². The van der Waals surface area contributed by atoms with Crippen molar-refractivity contribution in [2.45, 2.75) is 12.3 Å². The van der Waals surface area contributed by atoms with Gasteiger partial charge in [0.25, 0.3) is 0 Å². The molecule has 0 unspecified atom stereocenters. The summed E-state index contributed by atoms with van der Waals surface area (Å²) < 4.78 is 29.0. The lowest BCUT2D eigenvalue weighted by Gasteiger charge is -2.38. The molecule has 5 heteroatoms. The van der Waals surface area contributed by atoms with E-state index in [1.807, 2.05) is 30.3 Å². The number of rotatable bonds is 12. The van der Waals surface area contributed by atoms with Gasteiger partial charge in [0.15, 0.2) is 0 Å². The maximum absolute atomic E-state index is 6.48. The van der Waals surface area contributed by atoms with E-state index in [9.17, 15) is 0 Å². The molecule has 41 heavy (non-hydrogen) atoms. The van der Waals surface area contributed by atoms with Crippen LogP contribution in [0.25, 0.3) is 11.1 Å².